The molecule has 0 radical (unpaired) electrons. The van der Waals surface area contributed by atoms with Crippen LogP contribution in [0.3, 0.4) is 0 Å². The van der Waals surface area contributed by atoms with Crippen LogP contribution in [0.2, 0.25) is 0 Å². The maximum Gasteiger partial charge on any atom is 0.220 e. The first kappa shape index (κ1) is 29.6. The molecule has 0 atom stereocenters. The van der Waals surface area contributed by atoms with Crippen LogP contribution >= 0.6 is 11.8 Å². The van der Waals surface area contributed by atoms with Crippen molar-refractivity contribution in [3.05, 3.63) is 151 Å². The number of imidazole rings is 1. The van der Waals surface area contributed by atoms with E-state index in [1.807, 2.05) is 49.2 Å². The standard InChI is InChI=1S/C43H31N7S/c1-26-20-27(2)42(28(3)21-26)50-36-9-5-4-8-35(36)47-43(50)49-38-23-30(12-14-32(38)34-16-19-45-25-40(34)49)51-29-11-13-31-33-15-18-44-24-39(33)48(37(31)22-29)41-10-6-7-17-46-41/h4-25H,1-3H3. The molecule has 6 aromatic heterocycles. The average molecular weight is 678 g/mol. The summed E-state index contributed by atoms with van der Waals surface area (Å²) in [6.07, 6.45) is 9.44. The molecule has 0 aliphatic carbocycles. The highest BCUT2D eigenvalue weighted by Crippen LogP contribution is 2.40. The van der Waals surface area contributed by atoms with Gasteiger partial charge in [-0.05, 0) is 92.6 Å². The largest absolute Gasteiger partial charge is 0.292 e. The molecule has 0 aliphatic heterocycles. The number of aryl methyl sites for hydroxylation is 3. The topological polar surface area (TPSA) is 66.3 Å². The molecular weight excluding hydrogens is 647 g/mol. The summed E-state index contributed by atoms with van der Waals surface area (Å²) < 4.78 is 6.81. The molecule has 10 rings (SSSR count). The van der Waals surface area contributed by atoms with Crippen LogP contribution in [0.5, 0.6) is 0 Å². The quantitative estimate of drug-likeness (QED) is 0.181. The predicted molar refractivity (Wildman–Crippen MR) is 208 cm³/mol. The normalized spacial score (nSPS) is 11.9. The molecule has 51 heavy (non-hydrogen) atoms. The van der Waals surface area contributed by atoms with E-state index < -0.39 is 0 Å². The van der Waals surface area contributed by atoms with E-state index in [2.05, 4.69) is 129 Å². The molecule has 10 aromatic rings. The van der Waals surface area contributed by atoms with Gasteiger partial charge in [0.2, 0.25) is 5.95 Å². The molecule has 0 fully saturated rings. The first-order valence-electron chi connectivity index (χ1n) is 17.0. The van der Waals surface area contributed by atoms with Crippen LogP contribution in [0.15, 0.2) is 144 Å². The van der Waals surface area contributed by atoms with Gasteiger partial charge in [-0.3, -0.25) is 23.7 Å². The average Bonchev–Trinajstić information content (AvgIpc) is 3.79. The van der Waals surface area contributed by atoms with Gasteiger partial charge in [-0.15, -0.1) is 0 Å². The highest BCUT2D eigenvalue weighted by Gasteiger charge is 2.22. The van der Waals surface area contributed by atoms with Crippen LogP contribution in [0.25, 0.3) is 72.1 Å². The van der Waals surface area contributed by atoms with Gasteiger partial charge in [-0.2, -0.15) is 0 Å². The van der Waals surface area contributed by atoms with Crippen LogP contribution in [-0.2, 0) is 0 Å². The number of rotatable bonds is 5. The zero-order valence-corrected chi connectivity index (χ0v) is 29.1. The third-order valence-electron chi connectivity index (χ3n) is 9.80. The summed E-state index contributed by atoms with van der Waals surface area (Å²) in [4.78, 5) is 21.3. The minimum atomic E-state index is 0.844. The summed E-state index contributed by atoms with van der Waals surface area (Å²) in [6, 6.07) is 36.5. The first-order chi connectivity index (χ1) is 25.0. The second-order valence-electron chi connectivity index (χ2n) is 13.1. The van der Waals surface area contributed by atoms with Gasteiger partial charge in [-0.25, -0.2) is 9.97 Å². The molecule has 0 amide bonds. The van der Waals surface area contributed by atoms with Gasteiger partial charge >= 0.3 is 0 Å². The molecule has 0 aliphatic rings. The predicted octanol–water partition coefficient (Wildman–Crippen LogP) is 10.5. The zero-order chi connectivity index (χ0) is 34.2. The van der Waals surface area contributed by atoms with E-state index in [9.17, 15) is 0 Å². The Balaban J connectivity index is 1.18. The van der Waals surface area contributed by atoms with Crippen LogP contribution in [0, 0.1) is 20.8 Å². The first-order valence-corrected chi connectivity index (χ1v) is 17.8. The van der Waals surface area contributed by atoms with E-state index in [0.717, 1.165) is 76.5 Å². The fourth-order valence-electron chi connectivity index (χ4n) is 7.81. The molecule has 6 heterocycles. The second-order valence-corrected chi connectivity index (χ2v) is 14.2. The fourth-order valence-corrected chi connectivity index (χ4v) is 8.70. The van der Waals surface area contributed by atoms with Gasteiger partial charge in [0, 0.05) is 49.9 Å². The summed E-state index contributed by atoms with van der Waals surface area (Å²) in [6.45, 7) is 6.54. The summed E-state index contributed by atoms with van der Waals surface area (Å²) in [7, 11) is 0. The Morgan fingerprint density at radius 1 is 0.510 bits per heavy atom. The van der Waals surface area contributed by atoms with Gasteiger partial charge in [-0.1, -0.05) is 59.8 Å². The van der Waals surface area contributed by atoms with Crippen molar-refractivity contribution in [2.75, 3.05) is 0 Å². The molecule has 0 bridgehead atoms. The van der Waals surface area contributed by atoms with E-state index in [1.54, 1.807) is 11.8 Å². The van der Waals surface area contributed by atoms with Crippen molar-refractivity contribution in [1.29, 1.82) is 0 Å². The molecule has 7 nitrogen and oxygen atoms in total. The highest BCUT2D eigenvalue weighted by molar-refractivity contribution is 7.99. The van der Waals surface area contributed by atoms with Crippen molar-refractivity contribution in [2.24, 2.45) is 0 Å². The molecule has 0 N–H and O–H groups in total. The van der Waals surface area contributed by atoms with Crippen molar-refractivity contribution >= 4 is 66.4 Å². The lowest BCUT2D eigenvalue weighted by atomic mass is 10.0. The summed E-state index contributed by atoms with van der Waals surface area (Å²) in [5.74, 6) is 1.71. The number of hydrogen-bond acceptors (Lipinski definition) is 5. The molecular formula is C43H31N7S. The van der Waals surface area contributed by atoms with Crippen LogP contribution in [0.4, 0.5) is 0 Å². The van der Waals surface area contributed by atoms with Gasteiger partial charge in [0.25, 0.3) is 0 Å². The molecule has 244 valence electrons. The van der Waals surface area contributed by atoms with Gasteiger partial charge < -0.3 is 0 Å². The third-order valence-corrected chi connectivity index (χ3v) is 10.8. The number of para-hydroxylation sites is 2. The van der Waals surface area contributed by atoms with Crippen LogP contribution < -0.4 is 0 Å². The molecule has 0 saturated heterocycles. The second kappa shape index (κ2) is 11.4. The van der Waals surface area contributed by atoms with E-state index in [1.165, 1.54) is 22.1 Å². The Morgan fingerprint density at radius 2 is 1.12 bits per heavy atom. The SMILES string of the molecule is Cc1cc(C)c(-n2c(-n3c4cnccc4c4ccc(Sc5ccc6c7ccncc7n(-c7ccccn7)c6c5)cc43)nc3ccccc32)c(C)c1. The number of hydrogen-bond donors (Lipinski definition) is 0. The number of nitrogens with zero attached hydrogens (tertiary/aromatic N) is 7. The highest BCUT2D eigenvalue weighted by atomic mass is 32.2. The lowest BCUT2D eigenvalue weighted by molar-refractivity contribution is 0.938. The van der Waals surface area contributed by atoms with Crippen LogP contribution in [0.1, 0.15) is 16.7 Å². The number of aromatic nitrogens is 7. The molecule has 8 heteroatoms. The maximum atomic E-state index is 5.32. The van der Waals surface area contributed by atoms with E-state index >= 15 is 0 Å². The Hall–Kier alpha value is -6.25. The summed E-state index contributed by atoms with van der Waals surface area (Å²) in [5, 5.41) is 4.63. The lowest BCUT2D eigenvalue weighted by Gasteiger charge is -2.17. The molecule has 0 saturated carbocycles. The Labute approximate surface area is 297 Å². The van der Waals surface area contributed by atoms with E-state index in [4.69, 9.17) is 9.97 Å². The molecule has 0 unspecified atom stereocenters. The minimum Gasteiger partial charge on any atom is -0.292 e. The van der Waals surface area contributed by atoms with Crippen molar-refractivity contribution < 1.29 is 0 Å². The number of fused-ring (bicyclic) bond motifs is 7. The maximum absolute atomic E-state index is 5.32. The number of benzene rings is 4. The van der Waals surface area contributed by atoms with Gasteiger partial charge in [0.1, 0.15) is 5.82 Å². The van der Waals surface area contributed by atoms with Crippen molar-refractivity contribution in [1.82, 2.24) is 33.6 Å². The Kier molecular flexibility index (Phi) is 6.63. The minimum absolute atomic E-state index is 0.844. The van der Waals surface area contributed by atoms with Crippen molar-refractivity contribution in [2.45, 2.75) is 30.6 Å². The summed E-state index contributed by atoms with van der Waals surface area (Å²) in [5.41, 5.74) is 11.1. The number of pyridine rings is 3. The molecule has 0 spiro atoms. The zero-order valence-electron chi connectivity index (χ0n) is 28.2. The Morgan fingerprint density at radius 3 is 1.78 bits per heavy atom. The third kappa shape index (κ3) is 4.60. The van der Waals surface area contributed by atoms with E-state index in [0.29, 0.717) is 0 Å². The van der Waals surface area contributed by atoms with Gasteiger partial charge in [0.05, 0.1) is 51.2 Å². The fraction of sp³-hybridized carbons (Fsp3) is 0.0698. The van der Waals surface area contributed by atoms with Gasteiger partial charge in [0.15, 0.2) is 0 Å². The van der Waals surface area contributed by atoms with Crippen molar-refractivity contribution in [3.63, 3.8) is 0 Å². The van der Waals surface area contributed by atoms with Crippen molar-refractivity contribution in [3.8, 4) is 17.5 Å². The monoisotopic (exact) mass is 677 g/mol. The van der Waals surface area contributed by atoms with E-state index in [-0.39, 0.29) is 0 Å². The summed E-state index contributed by atoms with van der Waals surface area (Å²) >= 11 is 1.75. The smallest absolute Gasteiger partial charge is 0.220 e. The lowest BCUT2D eigenvalue weighted by Crippen LogP contribution is -2.08. The molecule has 4 aromatic carbocycles. The van der Waals surface area contributed by atoms with Crippen LogP contribution in [-0.4, -0.2) is 33.6 Å². The Bertz CT molecular complexity index is 2970.